The summed E-state index contributed by atoms with van der Waals surface area (Å²) in [7, 11) is 0. The Bertz CT molecular complexity index is 414. The average Bonchev–Trinajstić information content (AvgIpc) is 2.36. The van der Waals surface area contributed by atoms with Crippen LogP contribution in [0, 0.1) is 0 Å². The number of likely N-dealkylation sites (N-methyl/N-ethyl adjacent to an activating group) is 1. The third-order valence-corrected chi connectivity index (χ3v) is 3.26. The molecule has 5 nitrogen and oxygen atoms in total. The van der Waals surface area contributed by atoms with Crippen LogP contribution in [0.2, 0.25) is 5.15 Å². The van der Waals surface area contributed by atoms with Crippen molar-refractivity contribution in [2.75, 3.05) is 25.4 Å². The standard InChI is InChI=1S/C13H21ClN4O/c1-4-18(5-2)9(3)8-16-13(19)10-6-11(14)17-12(15)7-10/h6-7,9H,4-5,8H2,1-3H3,(H2,15,17)(H,16,19)/t9-/m0/s1. The minimum atomic E-state index is -0.185. The van der Waals surface area contributed by atoms with Crippen LogP contribution in [0.15, 0.2) is 12.1 Å². The number of halogens is 1. The molecule has 1 heterocycles. The third kappa shape index (κ3) is 4.69. The molecule has 0 aromatic carbocycles. The fraction of sp³-hybridized carbons (Fsp3) is 0.538. The zero-order chi connectivity index (χ0) is 14.4. The van der Waals surface area contributed by atoms with E-state index in [1.807, 2.05) is 0 Å². The Morgan fingerprint density at radius 2 is 2.11 bits per heavy atom. The summed E-state index contributed by atoms with van der Waals surface area (Å²) in [5.74, 6) is 0.0597. The van der Waals surface area contributed by atoms with Gasteiger partial charge in [0.25, 0.3) is 5.91 Å². The molecule has 6 heteroatoms. The topological polar surface area (TPSA) is 71.2 Å². The molecule has 0 bridgehead atoms. The van der Waals surface area contributed by atoms with E-state index < -0.39 is 0 Å². The van der Waals surface area contributed by atoms with Crippen LogP contribution in [-0.4, -0.2) is 41.5 Å². The summed E-state index contributed by atoms with van der Waals surface area (Å²) in [6.45, 7) is 8.79. The van der Waals surface area contributed by atoms with Crippen LogP contribution in [0.25, 0.3) is 0 Å². The number of carbonyl (C=O) groups excluding carboxylic acids is 1. The first-order chi connectivity index (χ1) is 8.97. The van der Waals surface area contributed by atoms with Gasteiger partial charge in [-0.05, 0) is 32.1 Å². The molecule has 0 aliphatic rings. The van der Waals surface area contributed by atoms with Gasteiger partial charge in [-0.25, -0.2) is 4.98 Å². The predicted octanol–water partition coefficient (Wildman–Crippen LogP) is 1.78. The molecule has 0 unspecified atom stereocenters. The molecule has 3 N–H and O–H groups in total. The first-order valence-electron chi connectivity index (χ1n) is 6.43. The Labute approximate surface area is 119 Å². The van der Waals surface area contributed by atoms with E-state index >= 15 is 0 Å². The van der Waals surface area contributed by atoms with Crippen LogP contribution in [0.5, 0.6) is 0 Å². The third-order valence-electron chi connectivity index (χ3n) is 3.07. The van der Waals surface area contributed by atoms with Crippen molar-refractivity contribution in [1.82, 2.24) is 15.2 Å². The number of hydrogen-bond acceptors (Lipinski definition) is 4. The summed E-state index contributed by atoms with van der Waals surface area (Å²) >= 11 is 5.77. The molecule has 106 valence electrons. The summed E-state index contributed by atoms with van der Waals surface area (Å²) in [5.41, 5.74) is 6.00. The van der Waals surface area contributed by atoms with Gasteiger partial charge in [0, 0.05) is 18.2 Å². The largest absolute Gasteiger partial charge is 0.384 e. The second-order valence-corrected chi connectivity index (χ2v) is 4.77. The van der Waals surface area contributed by atoms with Gasteiger partial charge in [0.15, 0.2) is 0 Å². The van der Waals surface area contributed by atoms with E-state index in [1.165, 1.54) is 12.1 Å². The lowest BCUT2D eigenvalue weighted by Gasteiger charge is -2.26. The van der Waals surface area contributed by atoms with Crippen molar-refractivity contribution in [2.45, 2.75) is 26.8 Å². The maximum atomic E-state index is 12.0. The summed E-state index contributed by atoms with van der Waals surface area (Å²) in [4.78, 5) is 18.1. The number of pyridine rings is 1. The van der Waals surface area contributed by atoms with Gasteiger partial charge in [-0.2, -0.15) is 0 Å². The Kier molecular flexibility index (Phi) is 6.05. The van der Waals surface area contributed by atoms with Crippen molar-refractivity contribution in [2.24, 2.45) is 0 Å². The van der Waals surface area contributed by atoms with Crippen LogP contribution < -0.4 is 11.1 Å². The van der Waals surface area contributed by atoms with Crippen LogP contribution in [0.1, 0.15) is 31.1 Å². The number of hydrogen-bond donors (Lipinski definition) is 2. The van der Waals surface area contributed by atoms with Gasteiger partial charge in [0.05, 0.1) is 0 Å². The highest BCUT2D eigenvalue weighted by molar-refractivity contribution is 6.29. The molecule has 0 fully saturated rings. The summed E-state index contributed by atoms with van der Waals surface area (Å²) in [6, 6.07) is 3.31. The highest BCUT2D eigenvalue weighted by atomic mass is 35.5. The number of amides is 1. The van der Waals surface area contributed by atoms with E-state index in [-0.39, 0.29) is 22.9 Å². The molecule has 0 aliphatic heterocycles. The van der Waals surface area contributed by atoms with Crippen LogP contribution >= 0.6 is 11.6 Å². The van der Waals surface area contributed by atoms with Crippen molar-refractivity contribution in [1.29, 1.82) is 0 Å². The van der Waals surface area contributed by atoms with Gasteiger partial charge >= 0.3 is 0 Å². The molecule has 0 aliphatic carbocycles. The molecular weight excluding hydrogens is 264 g/mol. The molecular formula is C13H21ClN4O. The second kappa shape index (κ2) is 7.31. The number of rotatable bonds is 6. The Morgan fingerprint density at radius 3 is 2.63 bits per heavy atom. The Balaban J connectivity index is 2.60. The minimum absolute atomic E-state index is 0.185. The minimum Gasteiger partial charge on any atom is -0.384 e. The van der Waals surface area contributed by atoms with E-state index in [9.17, 15) is 4.79 Å². The smallest absolute Gasteiger partial charge is 0.251 e. The number of aromatic nitrogens is 1. The van der Waals surface area contributed by atoms with E-state index in [4.69, 9.17) is 17.3 Å². The molecule has 19 heavy (non-hydrogen) atoms. The lowest BCUT2D eigenvalue weighted by molar-refractivity contribution is 0.0938. The normalized spacial score (nSPS) is 12.5. The lowest BCUT2D eigenvalue weighted by atomic mass is 10.2. The highest BCUT2D eigenvalue weighted by Crippen LogP contribution is 2.12. The average molecular weight is 285 g/mol. The van der Waals surface area contributed by atoms with Crippen LogP contribution in [0.3, 0.4) is 0 Å². The first kappa shape index (κ1) is 15.7. The maximum Gasteiger partial charge on any atom is 0.251 e. The second-order valence-electron chi connectivity index (χ2n) is 4.38. The number of nitrogens with one attached hydrogen (secondary N) is 1. The van der Waals surface area contributed by atoms with Crippen molar-refractivity contribution in [3.63, 3.8) is 0 Å². The molecule has 1 aromatic heterocycles. The zero-order valence-electron chi connectivity index (χ0n) is 11.6. The van der Waals surface area contributed by atoms with E-state index in [0.717, 1.165) is 13.1 Å². The van der Waals surface area contributed by atoms with Gasteiger partial charge in [-0.3, -0.25) is 9.69 Å². The highest BCUT2D eigenvalue weighted by Gasteiger charge is 2.13. The van der Waals surface area contributed by atoms with E-state index in [0.29, 0.717) is 12.1 Å². The number of nitrogens with zero attached hydrogens (tertiary/aromatic N) is 2. The van der Waals surface area contributed by atoms with Crippen LogP contribution in [-0.2, 0) is 0 Å². The van der Waals surface area contributed by atoms with E-state index in [1.54, 1.807) is 0 Å². The predicted molar refractivity (Wildman–Crippen MR) is 78.4 cm³/mol. The number of anilines is 1. The zero-order valence-corrected chi connectivity index (χ0v) is 12.4. The number of carbonyl (C=O) groups is 1. The van der Waals surface area contributed by atoms with Gasteiger partial charge in [-0.1, -0.05) is 25.4 Å². The number of nitrogen functional groups attached to an aromatic ring is 1. The fourth-order valence-corrected chi connectivity index (χ4v) is 2.18. The lowest BCUT2D eigenvalue weighted by Crippen LogP contribution is -2.42. The molecule has 0 saturated carbocycles. The van der Waals surface area contributed by atoms with Crippen molar-refractivity contribution in [3.05, 3.63) is 22.8 Å². The van der Waals surface area contributed by atoms with Crippen molar-refractivity contribution >= 4 is 23.3 Å². The maximum absolute atomic E-state index is 12.0. The van der Waals surface area contributed by atoms with Gasteiger partial charge in [-0.15, -0.1) is 0 Å². The Morgan fingerprint density at radius 1 is 1.47 bits per heavy atom. The van der Waals surface area contributed by atoms with Crippen molar-refractivity contribution < 1.29 is 4.79 Å². The molecule has 0 radical (unpaired) electrons. The molecule has 0 spiro atoms. The van der Waals surface area contributed by atoms with Crippen LogP contribution in [0.4, 0.5) is 5.82 Å². The quantitative estimate of drug-likeness (QED) is 0.781. The van der Waals surface area contributed by atoms with Gasteiger partial charge < -0.3 is 11.1 Å². The Hall–Kier alpha value is -1.33. The SMILES string of the molecule is CCN(CC)[C@@H](C)CNC(=O)c1cc(N)nc(Cl)c1. The fourth-order valence-electron chi connectivity index (χ4n) is 1.97. The van der Waals surface area contributed by atoms with Gasteiger partial charge in [0.1, 0.15) is 11.0 Å². The van der Waals surface area contributed by atoms with E-state index in [2.05, 4.69) is 36.0 Å². The monoisotopic (exact) mass is 284 g/mol. The molecule has 1 aromatic rings. The first-order valence-corrected chi connectivity index (χ1v) is 6.81. The van der Waals surface area contributed by atoms with Gasteiger partial charge in [0.2, 0.25) is 0 Å². The molecule has 1 atom stereocenters. The number of nitrogens with two attached hydrogens (primary N) is 1. The molecule has 0 saturated heterocycles. The molecule has 1 rings (SSSR count). The summed E-state index contributed by atoms with van der Waals surface area (Å²) < 4.78 is 0. The van der Waals surface area contributed by atoms with Crippen molar-refractivity contribution in [3.8, 4) is 0 Å². The summed E-state index contributed by atoms with van der Waals surface area (Å²) in [5, 5.41) is 3.10. The molecule has 1 amide bonds. The summed E-state index contributed by atoms with van der Waals surface area (Å²) in [6.07, 6.45) is 0.